The van der Waals surface area contributed by atoms with Gasteiger partial charge in [-0.2, -0.15) is 0 Å². The number of hydrogen-bond acceptors (Lipinski definition) is 5. The lowest BCUT2D eigenvalue weighted by atomic mass is 10.0. The van der Waals surface area contributed by atoms with Crippen LogP contribution in [0.15, 0.2) is 18.2 Å². The van der Waals surface area contributed by atoms with E-state index in [0.29, 0.717) is 13.0 Å². The summed E-state index contributed by atoms with van der Waals surface area (Å²) in [5.74, 6) is -1.35. The zero-order valence-electron chi connectivity index (χ0n) is 12.2. The largest absolute Gasteiger partial charge is 0.480 e. The fraction of sp³-hybridized carbons (Fsp3) is 0.429. The number of aliphatic carboxylic acids is 1. The molecule has 2 N–H and O–H groups in total. The summed E-state index contributed by atoms with van der Waals surface area (Å²) >= 11 is 5.91. The van der Waals surface area contributed by atoms with E-state index in [9.17, 15) is 24.8 Å². The van der Waals surface area contributed by atoms with Crippen molar-refractivity contribution in [1.29, 1.82) is 0 Å². The molecule has 8 nitrogen and oxygen atoms in total. The van der Waals surface area contributed by atoms with Gasteiger partial charge in [0.25, 0.3) is 5.69 Å². The van der Waals surface area contributed by atoms with Crippen LogP contribution in [0.5, 0.6) is 0 Å². The van der Waals surface area contributed by atoms with Crippen LogP contribution in [0.2, 0.25) is 5.02 Å². The number of amides is 1. The molecule has 1 aliphatic heterocycles. The van der Waals surface area contributed by atoms with Gasteiger partial charge < -0.3 is 10.4 Å². The van der Waals surface area contributed by atoms with Gasteiger partial charge in [0.2, 0.25) is 5.91 Å². The van der Waals surface area contributed by atoms with Crippen LogP contribution >= 0.6 is 11.6 Å². The van der Waals surface area contributed by atoms with E-state index < -0.39 is 22.8 Å². The second-order valence-corrected chi connectivity index (χ2v) is 5.70. The SMILES string of the molecule is O=C(CN1CCCCC1C(=O)O)Nc1ccc([N+](=O)[O-])cc1Cl. The van der Waals surface area contributed by atoms with Gasteiger partial charge in [0.1, 0.15) is 6.04 Å². The molecule has 0 radical (unpaired) electrons. The summed E-state index contributed by atoms with van der Waals surface area (Å²) in [7, 11) is 0. The Morgan fingerprint density at radius 1 is 1.43 bits per heavy atom. The number of nitro benzene ring substituents is 1. The highest BCUT2D eigenvalue weighted by Crippen LogP contribution is 2.26. The molecule has 0 aromatic heterocycles. The summed E-state index contributed by atoms with van der Waals surface area (Å²) in [5, 5.41) is 22.4. The number of halogens is 1. The van der Waals surface area contributed by atoms with Crippen LogP contribution in [0, 0.1) is 10.1 Å². The van der Waals surface area contributed by atoms with E-state index in [2.05, 4.69) is 5.32 Å². The predicted octanol–water partition coefficient (Wildman–Crippen LogP) is 2.13. The number of non-ortho nitro benzene ring substituents is 1. The van der Waals surface area contributed by atoms with Gasteiger partial charge in [-0.3, -0.25) is 24.6 Å². The molecular weight excluding hydrogens is 326 g/mol. The van der Waals surface area contributed by atoms with Crippen molar-refractivity contribution in [2.24, 2.45) is 0 Å². The van der Waals surface area contributed by atoms with Gasteiger partial charge in [-0.05, 0) is 25.5 Å². The Kier molecular flexibility index (Phi) is 5.51. The summed E-state index contributed by atoms with van der Waals surface area (Å²) in [5.41, 5.74) is 0.0844. The minimum Gasteiger partial charge on any atom is -0.480 e. The smallest absolute Gasteiger partial charge is 0.320 e. The van der Waals surface area contributed by atoms with Gasteiger partial charge in [0.15, 0.2) is 0 Å². The molecule has 1 aliphatic rings. The first-order valence-electron chi connectivity index (χ1n) is 7.09. The van der Waals surface area contributed by atoms with Gasteiger partial charge in [0.05, 0.1) is 22.2 Å². The summed E-state index contributed by atoms with van der Waals surface area (Å²) in [6.45, 7) is 0.475. The summed E-state index contributed by atoms with van der Waals surface area (Å²) in [6.07, 6.45) is 2.18. The van der Waals surface area contributed by atoms with Crippen LogP contribution in [0.4, 0.5) is 11.4 Å². The van der Waals surface area contributed by atoms with Gasteiger partial charge in [0, 0.05) is 12.1 Å². The fourth-order valence-corrected chi connectivity index (χ4v) is 2.78. The van der Waals surface area contributed by atoms with Crippen LogP contribution in [-0.2, 0) is 9.59 Å². The van der Waals surface area contributed by atoms with Gasteiger partial charge in [-0.25, -0.2) is 0 Å². The van der Waals surface area contributed by atoms with E-state index in [0.717, 1.165) is 18.9 Å². The monoisotopic (exact) mass is 341 g/mol. The first-order valence-corrected chi connectivity index (χ1v) is 7.47. The normalized spacial score (nSPS) is 18.4. The summed E-state index contributed by atoms with van der Waals surface area (Å²) in [4.78, 5) is 35.0. The molecule has 9 heteroatoms. The van der Waals surface area contributed by atoms with Crippen LogP contribution < -0.4 is 5.32 Å². The highest BCUT2D eigenvalue weighted by atomic mass is 35.5. The van der Waals surface area contributed by atoms with Crippen molar-refractivity contribution in [2.75, 3.05) is 18.4 Å². The van der Waals surface area contributed by atoms with E-state index in [-0.39, 0.29) is 22.9 Å². The lowest BCUT2D eigenvalue weighted by Crippen LogP contribution is -2.47. The molecule has 2 rings (SSSR count). The second kappa shape index (κ2) is 7.38. The van der Waals surface area contributed by atoms with E-state index in [1.807, 2.05) is 0 Å². The van der Waals surface area contributed by atoms with Crippen LogP contribution in [0.1, 0.15) is 19.3 Å². The van der Waals surface area contributed by atoms with Crippen molar-refractivity contribution < 1.29 is 19.6 Å². The molecule has 1 aromatic carbocycles. The summed E-state index contributed by atoms with van der Waals surface area (Å²) in [6, 6.07) is 3.07. The predicted molar refractivity (Wildman–Crippen MR) is 83.6 cm³/mol. The molecule has 0 bridgehead atoms. The highest BCUT2D eigenvalue weighted by Gasteiger charge is 2.29. The average molecular weight is 342 g/mol. The zero-order valence-corrected chi connectivity index (χ0v) is 13.0. The number of carbonyl (C=O) groups is 2. The first-order chi connectivity index (χ1) is 10.9. The first kappa shape index (κ1) is 17.2. The van der Waals surface area contributed by atoms with Crippen molar-refractivity contribution >= 4 is 34.9 Å². The maximum atomic E-state index is 12.1. The molecule has 0 aliphatic carbocycles. The number of piperidine rings is 1. The molecule has 1 unspecified atom stereocenters. The number of nitrogens with zero attached hydrogens (tertiary/aromatic N) is 2. The quantitative estimate of drug-likeness (QED) is 0.626. The second-order valence-electron chi connectivity index (χ2n) is 5.29. The number of anilines is 1. The Hall–Kier alpha value is -2.19. The van der Waals surface area contributed by atoms with Crippen molar-refractivity contribution in [2.45, 2.75) is 25.3 Å². The van der Waals surface area contributed by atoms with Crippen molar-refractivity contribution in [3.8, 4) is 0 Å². The molecule has 0 saturated carbocycles. The Morgan fingerprint density at radius 2 is 2.17 bits per heavy atom. The standard InChI is InChI=1S/C14H16ClN3O5/c15-10-7-9(18(22)23)4-5-11(10)16-13(19)8-17-6-2-1-3-12(17)14(20)21/h4-5,7,12H,1-3,6,8H2,(H,16,19)(H,20,21). The molecule has 1 heterocycles. The minimum absolute atomic E-state index is 0.0565. The number of likely N-dealkylation sites (tertiary alicyclic amines) is 1. The Balaban J connectivity index is 2.01. The number of carbonyl (C=O) groups excluding carboxylic acids is 1. The van der Waals surface area contributed by atoms with Crippen LogP contribution in [0.3, 0.4) is 0 Å². The molecule has 1 fully saturated rings. The molecular formula is C14H16ClN3O5. The maximum absolute atomic E-state index is 12.1. The van der Waals surface area contributed by atoms with Gasteiger partial charge in [-0.1, -0.05) is 18.0 Å². The molecule has 124 valence electrons. The molecule has 1 aromatic rings. The number of benzene rings is 1. The third-order valence-corrected chi connectivity index (χ3v) is 4.00. The third-order valence-electron chi connectivity index (χ3n) is 3.68. The van der Waals surface area contributed by atoms with Crippen molar-refractivity contribution in [3.05, 3.63) is 33.3 Å². The number of nitrogens with one attached hydrogen (secondary N) is 1. The zero-order chi connectivity index (χ0) is 17.0. The molecule has 1 atom stereocenters. The Labute approximate surface area is 137 Å². The Morgan fingerprint density at radius 3 is 2.78 bits per heavy atom. The van der Waals surface area contributed by atoms with E-state index in [1.54, 1.807) is 4.90 Å². The van der Waals surface area contributed by atoms with E-state index >= 15 is 0 Å². The van der Waals surface area contributed by atoms with E-state index in [1.165, 1.54) is 12.1 Å². The average Bonchev–Trinajstić information content (AvgIpc) is 2.49. The summed E-state index contributed by atoms with van der Waals surface area (Å²) < 4.78 is 0. The number of hydrogen-bond donors (Lipinski definition) is 2. The van der Waals surface area contributed by atoms with Gasteiger partial charge in [-0.15, -0.1) is 0 Å². The lowest BCUT2D eigenvalue weighted by Gasteiger charge is -2.32. The molecule has 1 saturated heterocycles. The molecule has 1 amide bonds. The Bertz CT molecular complexity index is 637. The maximum Gasteiger partial charge on any atom is 0.320 e. The van der Waals surface area contributed by atoms with Crippen LogP contribution in [-0.4, -0.2) is 45.9 Å². The highest BCUT2D eigenvalue weighted by molar-refractivity contribution is 6.34. The fourth-order valence-electron chi connectivity index (χ4n) is 2.55. The van der Waals surface area contributed by atoms with Crippen molar-refractivity contribution in [3.63, 3.8) is 0 Å². The number of nitro groups is 1. The minimum atomic E-state index is -0.939. The third kappa shape index (κ3) is 4.40. The number of carboxylic acid groups (broad SMARTS) is 1. The van der Waals surface area contributed by atoms with Crippen molar-refractivity contribution in [1.82, 2.24) is 4.90 Å². The number of rotatable bonds is 5. The van der Waals surface area contributed by atoms with E-state index in [4.69, 9.17) is 11.6 Å². The molecule has 0 spiro atoms. The molecule has 23 heavy (non-hydrogen) atoms. The topological polar surface area (TPSA) is 113 Å². The number of carboxylic acids is 1. The van der Waals surface area contributed by atoms with Gasteiger partial charge >= 0.3 is 5.97 Å². The lowest BCUT2D eigenvalue weighted by molar-refractivity contribution is -0.384. The van der Waals surface area contributed by atoms with Crippen LogP contribution in [0.25, 0.3) is 0 Å².